The van der Waals surface area contributed by atoms with Crippen molar-refractivity contribution in [2.45, 2.75) is 12.8 Å². The number of carbonyl (C=O) groups excluding carboxylic acids is 1. The second-order valence-electron chi connectivity index (χ2n) is 4.69. The fraction of sp³-hybridized carbons (Fsp3) is 0.333. The van der Waals surface area contributed by atoms with E-state index in [1.807, 2.05) is 30.3 Å². The minimum Gasteiger partial charge on any atom is -0.380 e. The van der Waals surface area contributed by atoms with Crippen LogP contribution in [0, 0.1) is 5.92 Å². The number of carbonyl (C=O) groups is 1. The van der Waals surface area contributed by atoms with Crippen molar-refractivity contribution in [3.8, 4) is 0 Å². The molecule has 0 saturated carbocycles. The van der Waals surface area contributed by atoms with Crippen LogP contribution in [0.3, 0.4) is 0 Å². The third-order valence-corrected chi connectivity index (χ3v) is 3.38. The van der Waals surface area contributed by atoms with Crippen LogP contribution in [0.1, 0.15) is 12.1 Å². The Morgan fingerprint density at radius 3 is 3.00 bits per heavy atom. The van der Waals surface area contributed by atoms with Crippen LogP contribution in [0.4, 0.5) is 0 Å². The number of benzene rings is 1. The van der Waals surface area contributed by atoms with Crippen molar-refractivity contribution >= 4 is 16.7 Å². The summed E-state index contributed by atoms with van der Waals surface area (Å²) in [5, 5.41) is 1.13. The van der Waals surface area contributed by atoms with Crippen molar-refractivity contribution in [3.63, 3.8) is 0 Å². The number of para-hydroxylation sites is 1. The van der Waals surface area contributed by atoms with Gasteiger partial charge in [0.25, 0.3) is 0 Å². The minimum atomic E-state index is -0.0209. The maximum Gasteiger partial charge on any atom is 0.140 e. The molecule has 0 amide bonds. The second-order valence-corrected chi connectivity index (χ2v) is 4.69. The van der Waals surface area contributed by atoms with E-state index >= 15 is 0 Å². The summed E-state index contributed by atoms with van der Waals surface area (Å²) < 4.78 is 5.36. The highest BCUT2D eigenvalue weighted by atomic mass is 16.5. The van der Waals surface area contributed by atoms with E-state index in [2.05, 4.69) is 11.1 Å². The van der Waals surface area contributed by atoms with Gasteiger partial charge in [0, 0.05) is 29.8 Å². The van der Waals surface area contributed by atoms with E-state index in [1.165, 1.54) is 0 Å². The normalized spacial score (nSPS) is 20.2. The lowest BCUT2D eigenvalue weighted by atomic mass is 9.95. The third kappa shape index (κ3) is 2.27. The molecule has 2 aromatic rings. The molecular weight excluding hydrogens is 226 g/mol. The van der Waals surface area contributed by atoms with E-state index in [9.17, 15) is 4.79 Å². The molecule has 0 spiro atoms. The molecule has 18 heavy (non-hydrogen) atoms. The Kier molecular flexibility index (Phi) is 3.07. The number of ketones is 1. The van der Waals surface area contributed by atoms with Crippen LogP contribution >= 0.6 is 0 Å². The first-order chi connectivity index (χ1) is 8.83. The summed E-state index contributed by atoms with van der Waals surface area (Å²) in [6.07, 6.45) is 1.22. The Hall–Kier alpha value is -1.74. The van der Waals surface area contributed by atoms with Gasteiger partial charge in [0.15, 0.2) is 0 Å². The zero-order valence-electron chi connectivity index (χ0n) is 10.1. The highest BCUT2D eigenvalue weighted by Gasteiger charge is 2.23. The summed E-state index contributed by atoms with van der Waals surface area (Å²) in [6, 6.07) is 12.1. The molecule has 1 fully saturated rings. The number of fused-ring (bicyclic) bond motifs is 1. The van der Waals surface area contributed by atoms with Gasteiger partial charge < -0.3 is 4.74 Å². The van der Waals surface area contributed by atoms with Crippen LogP contribution < -0.4 is 0 Å². The van der Waals surface area contributed by atoms with Crippen LogP contribution in [0.5, 0.6) is 0 Å². The molecule has 2 heterocycles. The standard InChI is InChI=1S/C15H15NO2/c17-15-7-8-18-10-12(15)9-13-6-5-11-3-1-2-4-14(11)16-13/h1-6,12H,7-10H2. The predicted molar refractivity (Wildman–Crippen MR) is 69.4 cm³/mol. The van der Waals surface area contributed by atoms with Crippen molar-refractivity contribution in [2.75, 3.05) is 13.2 Å². The lowest BCUT2D eigenvalue weighted by molar-refractivity contribution is -0.130. The topological polar surface area (TPSA) is 39.2 Å². The molecule has 0 radical (unpaired) electrons. The molecule has 1 aliphatic rings. The molecule has 92 valence electrons. The van der Waals surface area contributed by atoms with Gasteiger partial charge in [-0.1, -0.05) is 24.3 Å². The molecule has 3 rings (SSSR count). The van der Waals surface area contributed by atoms with Crippen molar-refractivity contribution < 1.29 is 9.53 Å². The predicted octanol–water partition coefficient (Wildman–Crippen LogP) is 2.38. The summed E-state index contributed by atoms with van der Waals surface area (Å²) in [7, 11) is 0. The summed E-state index contributed by atoms with van der Waals surface area (Å²) >= 11 is 0. The first-order valence-electron chi connectivity index (χ1n) is 6.28. The first-order valence-corrected chi connectivity index (χ1v) is 6.28. The maximum atomic E-state index is 11.8. The van der Waals surface area contributed by atoms with E-state index < -0.39 is 0 Å². The summed E-state index contributed by atoms with van der Waals surface area (Å²) in [6.45, 7) is 1.10. The van der Waals surface area contributed by atoms with Gasteiger partial charge in [-0.2, -0.15) is 0 Å². The first kappa shape index (κ1) is 11.4. The summed E-state index contributed by atoms with van der Waals surface area (Å²) in [5.74, 6) is 0.281. The number of hydrogen-bond acceptors (Lipinski definition) is 3. The molecule has 1 aromatic carbocycles. The lowest BCUT2D eigenvalue weighted by Crippen LogP contribution is -2.29. The van der Waals surface area contributed by atoms with Crippen LogP contribution in [-0.4, -0.2) is 24.0 Å². The highest BCUT2D eigenvalue weighted by molar-refractivity contribution is 5.82. The van der Waals surface area contributed by atoms with Crippen LogP contribution in [-0.2, 0) is 16.0 Å². The molecule has 3 heteroatoms. The zero-order valence-corrected chi connectivity index (χ0v) is 10.1. The van der Waals surface area contributed by atoms with E-state index in [4.69, 9.17) is 4.74 Å². The van der Waals surface area contributed by atoms with E-state index in [0.717, 1.165) is 16.6 Å². The molecule has 0 N–H and O–H groups in total. The van der Waals surface area contributed by atoms with Crippen molar-refractivity contribution in [1.29, 1.82) is 0 Å². The third-order valence-electron chi connectivity index (χ3n) is 3.38. The molecule has 3 nitrogen and oxygen atoms in total. The summed E-state index contributed by atoms with van der Waals surface area (Å²) in [5.41, 5.74) is 1.96. The molecule has 1 saturated heterocycles. The van der Waals surface area contributed by atoms with E-state index in [-0.39, 0.29) is 5.92 Å². The molecular formula is C15H15NO2. The summed E-state index contributed by atoms with van der Waals surface area (Å²) in [4.78, 5) is 16.4. The molecule has 1 aliphatic heterocycles. The maximum absolute atomic E-state index is 11.8. The minimum absolute atomic E-state index is 0.0209. The van der Waals surface area contributed by atoms with E-state index in [0.29, 0.717) is 31.8 Å². The van der Waals surface area contributed by atoms with Gasteiger partial charge in [-0.05, 0) is 12.1 Å². The average Bonchev–Trinajstić information content (AvgIpc) is 2.41. The number of aromatic nitrogens is 1. The molecule has 1 atom stereocenters. The Bertz CT molecular complexity index is 579. The van der Waals surface area contributed by atoms with Gasteiger partial charge in [-0.15, -0.1) is 0 Å². The zero-order chi connectivity index (χ0) is 12.4. The van der Waals surface area contributed by atoms with Crippen LogP contribution in [0.25, 0.3) is 10.9 Å². The number of hydrogen-bond donors (Lipinski definition) is 0. The quantitative estimate of drug-likeness (QED) is 0.810. The van der Waals surface area contributed by atoms with Crippen molar-refractivity contribution in [1.82, 2.24) is 4.98 Å². The number of nitrogens with zero attached hydrogens (tertiary/aromatic N) is 1. The molecule has 0 bridgehead atoms. The second kappa shape index (κ2) is 4.86. The Balaban J connectivity index is 1.83. The average molecular weight is 241 g/mol. The van der Waals surface area contributed by atoms with Gasteiger partial charge in [0.2, 0.25) is 0 Å². The number of Topliss-reactive ketones (excluding diaryl/α,β-unsaturated/α-hetero) is 1. The molecule has 0 aliphatic carbocycles. The van der Waals surface area contributed by atoms with Gasteiger partial charge in [-0.25, -0.2) is 0 Å². The van der Waals surface area contributed by atoms with Crippen LogP contribution in [0.2, 0.25) is 0 Å². The fourth-order valence-corrected chi connectivity index (χ4v) is 2.34. The van der Waals surface area contributed by atoms with Gasteiger partial charge in [-0.3, -0.25) is 9.78 Å². The number of rotatable bonds is 2. The number of ether oxygens (including phenoxy) is 1. The van der Waals surface area contributed by atoms with Crippen molar-refractivity contribution in [3.05, 3.63) is 42.1 Å². The monoisotopic (exact) mass is 241 g/mol. The fourth-order valence-electron chi connectivity index (χ4n) is 2.34. The Morgan fingerprint density at radius 2 is 2.11 bits per heavy atom. The smallest absolute Gasteiger partial charge is 0.140 e. The number of pyridine rings is 1. The van der Waals surface area contributed by atoms with Gasteiger partial charge in [0.05, 0.1) is 18.7 Å². The van der Waals surface area contributed by atoms with Gasteiger partial charge >= 0.3 is 0 Å². The Labute approximate surface area is 106 Å². The van der Waals surface area contributed by atoms with Crippen LogP contribution in [0.15, 0.2) is 36.4 Å². The highest BCUT2D eigenvalue weighted by Crippen LogP contribution is 2.17. The largest absolute Gasteiger partial charge is 0.380 e. The SMILES string of the molecule is O=C1CCOCC1Cc1ccc2ccccc2n1. The molecule has 1 aromatic heterocycles. The van der Waals surface area contributed by atoms with E-state index in [1.54, 1.807) is 0 Å². The lowest BCUT2D eigenvalue weighted by Gasteiger charge is -2.20. The van der Waals surface area contributed by atoms with Gasteiger partial charge in [0.1, 0.15) is 5.78 Å². The Morgan fingerprint density at radius 1 is 1.22 bits per heavy atom. The molecule has 1 unspecified atom stereocenters. The van der Waals surface area contributed by atoms with Crippen molar-refractivity contribution in [2.24, 2.45) is 5.92 Å².